The molecule has 1 heterocycles. The molecule has 1 rings (SSSR count). The number of hydrogen-bond donors (Lipinski definition) is 1. The molecule has 0 aliphatic heterocycles. The third kappa shape index (κ3) is 2.60. The summed E-state index contributed by atoms with van der Waals surface area (Å²) in [6, 6.07) is 0. The largest absolute Gasteiger partial charge is 0.329 e. The van der Waals surface area contributed by atoms with Gasteiger partial charge in [0.2, 0.25) is 10.0 Å². The van der Waals surface area contributed by atoms with E-state index in [-0.39, 0.29) is 4.90 Å². The molecule has 0 unspecified atom stereocenters. The van der Waals surface area contributed by atoms with E-state index in [1.165, 1.54) is 21.4 Å². The van der Waals surface area contributed by atoms with Gasteiger partial charge in [-0.05, 0) is 0 Å². The molecular weight excluding hydrogens is 228 g/mol. The maximum atomic E-state index is 12.1. The minimum atomic E-state index is -3.39. The fraction of sp³-hybridized carbons (Fsp3) is 0.667. The van der Waals surface area contributed by atoms with Crippen LogP contribution in [0, 0.1) is 0 Å². The summed E-state index contributed by atoms with van der Waals surface area (Å²) in [4.78, 5) is 0.227. The van der Waals surface area contributed by atoms with Crippen molar-refractivity contribution in [3.05, 3.63) is 12.4 Å². The number of aromatic nitrogens is 2. The molecule has 0 amide bonds. The van der Waals surface area contributed by atoms with Crippen molar-refractivity contribution < 1.29 is 8.42 Å². The van der Waals surface area contributed by atoms with E-state index in [2.05, 4.69) is 5.10 Å². The fourth-order valence-electron chi connectivity index (χ4n) is 1.44. The molecule has 0 saturated heterocycles. The highest BCUT2D eigenvalue weighted by molar-refractivity contribution is 7.89. The number of hydrogen-bond acceptors (Lipinski definition) is 4. The average Bonchev–Trinajstić information content (AvgIpc) is 2.69. The van der Waals surface area contributed by atoms with Gasteiger partial charge in [0.25, 0.3) is 0 Å². The van der Waals surface area contributed by atoms with Crippen LogP contribution in [0.5, 0.6) is 0 Å². The van der Waals surface area contributed by atoms with Crippen LogP contribution in [0.25, 0.3) is 0 Å². The van der Waals surface area contributed by atoms with Crippen LogP contribution in [0.2, 0.25) is 0 Å². The maximum Gasteiger partial charge on any atom is 0.246 e. The Morgan fingerprint density at radius 2 is 2.06 bits per heavy atom. The molecule has 0 aliphatic rings. The van der Waals surface area contributed by atoms with Crippen LogP contribution in [0.1, 0.15) is 13.8 Å². The van der Waals surface area contributed by atoms with Crippen molar-refractivity contribution in [2.45, 2.75) is 25.3 Å². The highest BCUT2D eigenvalue weighted by atomic mass is 32.2. The number of nitrogens with two attached hydrogens (primary N) is 1. The third-order valence-corrected chi connectivity index (χ3v) is 4.31. The second kappa shape index (κ2) is 5.42. The highest BCUT2D eigenvalue weighted by Crippen LogP contribution is 2.13. The summed E-state index contributed by atoms with van der Waals surface area (Å²) in [5, 5.41) is 3.95. The van der Waals surface area contributed by atoms with Gasteiger partial charge in [0.1, 0.15) is 4.90 Å². The van der Waals surface area contributed by atoms with E-state index in [0.717, 1.165) is 0 Å². The normalized spacial score (nSPS) is 12.2. The average molecular weight is 246 g/mol. The number of rotatable bonds is 6. The number of nitrogens with zero attached hydrogens (tertiary/aromatic N) is 3. The van der Waals surface area contributed by atoms with Crippen LogP contribution in [0.4, 0.5) is 0 Å². The summed E-state index contributed by atoms with van der Waals surface area (Å²) in [5.74, 6) is 0. The lowest BCUT2D eigenvalue weighted by Crippen LogP contribution is -2.30. The SMILES string of the molecule is CCN(CC)S(=O)(=O)c1cnn(CCN)c1. The summed E-state index contributed by atoms with van der Waals surface area (Å²) in [5.41, 5.74) is 5.37. The van der Waals surface area contributed by atoms with Crippen molar-refractivity contribution >= 4 is 10.0 Å². The zero-order chi connectivity index (χ0) is 12.2. The lowest BCUT2D eigenvalue weighted by Gasteiger charge is -2.16. The van der Waals surface area contributed by atoms with Gasteiger partial charge >= 0.3 is 0 Å². The first-order valence-corrected chi connectivity index (χ1v) is 6.72. The predicted molar refractivity (Wildman–Crippen MR) is 61.4 cm³/mol. The Bertz CT molecular complexity index is 422. The molecule has 0 bridgehead atoms. The molecule has 1 aromatic rings. The molecule has 7 heteroatoms. The molecule has 0 aromatic carbocycles. The van der Waals surface area contributed by atoms with Crippen LogP contribution >= 0.6 is 0 Å². The Kier molecular flexibility index (Phi) is 4.45. The Balaban J connectivity index is 2.97. The topological polar surface area (TPSA) is 81.2 Å². The molecule has 0 spiro atoms. The van der Waals surface area contributed by atoms with Crippen LogP contribution in [-0.4, -0.2) is 42.1 Å². The van der Waals surface area contributed by atoms with Crippen molar-refractivity contribution in [3.63, 3.8) is 0 Å². The lowest BCUT2D eigenvalue weighted by molar-refractivity contribution is 0.445. The number of sulfonamides is 1. The molecule has 0 atom stereocenters. The Morgan fingerprint density at radius 3 is 2.56 bits per heavy atom. The zero-order valence-corrected chi connectivity index (χ0v) is 10.4. The molecule has 0 aliphatic carbocycles. The van der Waals surface area contributed by atoms with E-state index < -0.39 is 10.0 Å². The summed E-state index contributed by atoms with van der Waals surface area (Å²) in [6.45, 7) is 5.50. The van der Waals surface area contributed by atoms with Gasteiger partial charge in [-0.15, -0.1) is 0 Å². The summed E-state index contributed by atoms with van der Waals surface area (Å²) in [6.07, 6.45) is 2.88. The van der Waals surface area contributed by atoms with Gasteiger partial charge in [0.15, 0.2) is 0 Å². The second-order valence-electron chi connectivity index (χ2n) is 3.32. The van der Waals surface area contributed by atoms with Gasteiger partial charge in [-0.25, -0.2) is 8.42 Å². The quantitative estimate of drug-likeness (QED) is 0.758. The zero-order valence-electron chi connectivity index (χ0n) is 9.63. The van der Waals surface area contributed by atoms with Gasteiger partial charge in [-0.2, -0.15) is 9.40 Å². The van der Waals surface area contributed by atoms with Crippen LogP contribution in [0.3, 0.4) is 0 Å². The Hall–Kier alpha value is -0.920. The van der Waals surface area contributed by atoms with E-state index in [1.54, 1.807) is 0 Å². The van der Waals surface area contributed by atoms with Crippen LogP contribution in [0.15, 0.2) is 17.3 Å². The van der Waals surface area contributed by atoms with E-state index in [1.807, 2.05) is 13.8 Å². The minimum Gasteiger partial charge on any atom is -0.329 e. The van der Waals surface area contributed by atoms with Crippen molar-refractivity contribution in [3.8, 4) is 0 Å². The molecule has 1 aromatic heterocycles. The maximum absolute atomic E-state index is 12.1. The first-order chi connectivity index (χ1) is 7.56. The van der Waals surface area contributed by atoms with Crippen molar-refractivity contribution in [2.75, 3.05) is 19.6 Å². The van der Waals surface area contributed by atoms with Crippen molar-refractivity contribution in [1.29, 1.82) is 0 Å². The predicted octanol–water partition coefficient (Wildman–Crippen LogP) is -0.128. The fourth-order valence-corrected chi connectivity index (χ4v) is 2.86. The summed E-state index contributed by atoms with van der Waals surface area (Å²) in [7, 11) is -3.39. The summed E-state index contributed by atoms with van der Waals surface area (Å²) < 4.78 is 27.0. The summed E-state index contributed by atoms with van der Waals surface area (Å²) >= 11 is 0. The standard InChI is InChI=1S/C9H18N4O2S/c1-3-13(4-2)16(14,15)9-7-11-12(8-9)6-5-10/h7-8H,3-6,10H2,1-2H3. The van der Waals surface area contributed by atoms with E-state index >= 15 is 0 Å². The van der Waals surface area contributed by atoms with E-state index in [4.69, 9.17) is 5.73 Å². The second-order valence-corrected chi connectivity index (χ2v) is 5.26. The van der Waals surface area contributed by atoms with Crippen LogP contribution < -0.4 is 5.73 Å². The molecule has 92 valence electrons. The lowest BCUT2D eigenvalue weighted by atomic mass is 10.6. The minimum absolute atomic E-state index is 0.227. The smallest absolute Gasteiger partial charge is 0.246 e. The highest BCUT2D eigenvalue weighted by Gasteiger charge is 2.22. The molecule has 0 saturated carbocycles. The van der Waals surface area contributed by atoms with Gasteiger partial charge < -0.3 is 5.73 Å². The monoisotopic (exact) mass is 246 g/mol. The van der Waals surface area contributed by atoms with Gasteiger partial charge in [-0.1, -0.05) is 13.8 Å². The third-order valence-electron chi connectivity index (χ3n) is 2.31. The molecule has 0 radical (unpaired) electrons. The Labute approximate surface area is 96.1 Å². The van der Waals surface area contributed by atoms with Gasteiger partial charge in [0.05, 0.1) is 12.7 Å². The molecule has 16 heavy (non-hydrogen) atoms. The molecular formula is C9H18N4O2S. The van der Waals surface area contributed by atoms with Crippen molar-refractivity contribution in [2.24, 2.45) is 5.73 Å². The molecule has 2 N–H and O–H groups in total. The van der Waals surface area contributed by atoms with Crippen LogP contribution in [-0.2, 0) is 16.6 Å². The van der Waals surface area contributed by atoms with E-state index in [0.29, 0.717) is 26.2 Å². The van der Waals surface area contributed by atoms with Gasteiger partial charge in [-0.3, -0.25) is 4.68 Å². The first-order valence-electron chi connectivity index (χ1n) is 5.28. The van der Waals surface area contributed by atoms with Crippen molar-refractivity contribution in [1.82, 2.24) is 14.1 Å². The first kappa shape index (κ1) is 13.1. The Morgan fingerprint density at radius 1 is 1.44 bits per heavy atom. The van der Waals surface area contributed by atoms with Gasteiger partial charge in [0, 0.05) is 25.8 Å². The van der Waals surface area contributed by atoms with E-state index in [9.17, 15) is 8.42 Å². The molecule has 6 nitrogen and oxygen atoms in total. The molecule has 0 fully saturated rings.